The molecule has 2 rings (SSSR count). The Balaban J connectivity index is 2.24. The SMILES string of the molecule is COc1cc(/C=C/C(=O)Nc2cccc(NC(C)=O)c2)c([N+](=O)[O-])cc1OC(F)F. The van der Waals surface area contributed by atoms with Crippen LogP contribution >= 0.6 is 0 Å². The molecule has 0 aliphatic rings. The van der Waals surface area contributed by atoms with Crippen molar-refractivity contribution in [2.45, 2.75) is 13.5 Å². The molecule has 2 aromatic rings. The van der Waals surface area contributed by atoms with Crippen LogP contribution in [0.1, 0.15) is 12.5 Å². The van der Waals surface area contributed by atoms with Gasteiger partial charge in [0, 0.05) is 24.4 Å². The van der Waals surface area contributed by atoms with E-state index in [-0.39, 0.29) is 17.2 Å². The van der Waals surface area contributed by atoms with E-state index in [2.05, 4.69) is 15.4 Å². The Labute approximate surface area is 169 Å². The van der Waals surface area contributed by atoms with Crippen LogP contribution in [0.25, 0.3) is 6.08 Å². The summed E-state index contributed by atoms with van der Waals surface area (Å²) in [6.45, 7) is -1.86. The molecule has 0 aromatic heterocycles. The van der Waals surface area contributed by atoms with Gasteiger partial charge in [0.05, 0.1) is 23.7 Å². The Kier molecular flexibility index (Phi) is 7.39. The van der Waals surface area contributed by atoms with Crippen LogP contribution in [0.15, 0.2) is 42.5 Å². The summed E-state index contributed by atoms with van der Waals surface area (Å²) in [7, 11) is 1.18. The molecule has 0 spiro atoms. The van der Waals surface area contributed by atoms with E-state index in [0.29, 0.717) is 11.4 Å². The van der Waals surface area contributed by atoms with Crippen LogP contribution in [0.5, 0.6) is 11.5 Å². The Morgan fingerprint density at radius 1 is 1.13 bits per heavy atom. The molecule has 0 aliphatic carbocycles. The van der Waals surface area contributed by atoms with E-state index in [0.717, 1.165) is 24.3 Å². The van der Waals surface area contributed by atoms with Gasteiger partial charge in [-0.25, -0.2) is 0 Å². The lowest BCUT2D eigenvalue weighted by atomic mass is 10.1. The first-order chi connectivity index (χ1) is 14.2. The lowest BCUT2D eigenvalue weighted by Gasteiger charge is -2.11. The largest absolute Gasteiger partial charge is 0.493 e. The van der Waals surface area contributed by atoms with Crippen LogP contribution in [0.3, 0.4) is 0 Å². The molecule has 0 saturated carbocycles. The van der Waals surface area contributed by atoms with Gasteiger partial charge in [0.1, 0.15) is 0 Å². The van der Waals surface area contributed by atoms with Crippen LogP contribution < -0.4 is 20.1 Å². The van der Waals surface area contributed by atoms with Crippen molar-refractivity contribution in [1.29, 1.82) is 0 Å². The lowest BCUT2D eigenvalue weighted by molar-refractivity contribution is -0.385. The Hall–Kier alpha value is -4.02. The number of anilines is 2. The average Bonchev–Trinajstić information content (AvgIpc) is 2.65. The van der Waals surface area contributed by atoms with Gasteiger partial charge >= 0.3 is 6.61 Å². The van der Waals surface area contributed by atoms with Gasteiger partial charge in [-0.05, 0) is 30.3 Å². The van der Waals surface area contributed by atoms with Crippen LogP contribution in [-0.2, 0) is 9.59 Å². The summed E-state index contributed by atoms with van der Waals surface area (Å²) in [5.74, 6) is -1.56. The number of carbonyl (C=O) groups is 2. The summed E-state index contributed by atoms with van der Waals surface area (Å²) in [6, 6.07) is 8.25. The van der Waals surface area contributed by atoms with Crippen molar-refractivity contribution in [2.24, 2.45) is 0 Å². The molecule has 158 valence electrons. The number of carbonyl (C=O) groups excluding carboxylic acids is 2. The zero-order chi connectivity index (χ0) is 22.3. The summed E-state index contributed by atoms with van der Waals surface area (Å²) in [6.07, 6.45) is 2.17. The summed E-state index contributed by atoms with van der Waals surface area (Å²) >= 11 is 0. The van der Waals surface area contributed by atoms with Crippen molar-refractivity contribution in [1.82, 2.24) is 0 Å². The van der Waals surface area contributed by atoms with Crippen molar-refractivity contribution >= 4 is 35.0 Å². The van der Waals surface area contributed by atoms with Crippen molar-refractivity contribution in [2.75, 3.05) is 17.7 Å². The van der Waals surface area contributed by atoms with Crippen LogP contribution in [-0.4, -0.2) is 30.5 Å². The van der Waals surface area contributed by atoms with E-state index in [1.54, 1.807) is 18.2 Å². The van der Waals surface area contributed by atoms with Gasteiger partial charge in [-0.1, -0.05) is 6.07 Å². The minimum absolute atomic E-state index is 0.0550. The van der Waals surface area contributed by atoms with E-state index in [1.807, 2.05) is 0 Å². The van der Waals surface area contributed by atoms with Gasteiger partial charge in [-0.3, -0.25) is 19.7 Å². The third kappa shape index (κ3) is 6.26. The van der Waals surface area contributed by atoms with Gasteiger partial charge in [0.25, 0.3) is 5.69 Å². The molecule has 2 aromatic carbocycles. The fourth-order valence-corrected chi connectivity index (χ4v) is 2.43. The maximum absolute atomic E-state index is 12.5. The monoisotopic (exact) mass is 421 g/mol. The quantitative estimate of drug-likeness (QED) is 0.380. The van der Waals surface area contributed by atoms with E-state index in [9.17, 15) is 28.5 Å². The number of hydrogen-bond acceptors (Lipinski definition) is 6. The second-order valence-electron chi connectivity index (χ2n) is 5.78. The maximum atomic E-state index is 12.5. The zero-order valence-electron chi connectivity index (χ0n) is 15.8. The third-order valence-electron chi connectivity index (χ3n) is 3.59. The number of rotatable bonds is 8. The smallest absolute Gasteiger partial charge is 0.387 e. The van der Waals surface area contributed by atoms with Gasteiger partial charge < -0.3 is 20.1 Å². The molecule has 0 atom stereocenters. The van der Waals surface area contributed by atoms with Gasteiger partial charge in [0.15, 0.2) is 11.5 Å². The first-order valence-electron chi connectivity index (χ1n) is 8.37. The highest BCUT2D eigenvalue weighted by atomic mass is 19.3. The normalized spacial score (nSPS) is 10.7. The molecule has 0 saturated heterocycles. The standard InChI is InChI=1S/C19H17F2N3O6/c1-11(25)22-13-4-3-5-14(9-13)23-18(26)7-6-12-8-16(29-2)17(30-19(20)21)10-15(12)24(27)28/h3-10,19H,1-2H3,(H,22,25)(H,23,26)/b7-6+. The number of alkyl halides is 2. The second-order valence-corrected chi connectivity index (χ2v) is 5.78. The summed E-state index contributed by atoms with van der Waals surface area (Å²) in [5, 5.41) is 16.4. The third-order valence-corrected chi connectivity index (χ3v) is 3.59. The highest BCUT2D eigenvalue weighted by Gasteiger charge is 2.20. The highest BCUT2D eigenvalue weighted by Crippen LogP contribution is 2.36. The van der Waals surface area contributed by atoms with Crippen LogP contribution in [0.4, 0.5) is 25.8 Å². The molecule has 30 heavy (non-hydrogen) atoms. The number of nitro benzene ring substituents is 1. The van der Waals surface area contributed by atoms with Gasteiger partial charge in [-0.15, -0.1) is 0 Å². The molecule has 0 heterocycles. The highest BCUT2D eigenvalue weighted by molar-refractivity contribution is 6.02. The van der Waals surface area contributed by atoms with Crippen molar-refractivity contribution < 1.29 is 32.8 Å². The van der Waals surface area contributed by atoms with Crippen molar-refractivity contribution in [3.05, 3.63) is 58.2 Å². The molecule has 0 fully saturated rings. The number of hydrogen-bond donors (Lipinski definition) is 2. The van der Waals surface area contributed by atoms with Crippen molar-refractivity contribution in [3.8, 4) is 11.5 Å². The number of benzene rings is 2. The summed E-state index contributed by atoms with van der Waals surface area (Å²) < 4.78 is 34.1. The molecular weight excluding hydrogens is 404 g/mol. The minimum Gasteiger partial charge on any atom is -0.493 e. The van der Waals surface area contributed by atoms with E-state index in [4.69, 9.17) is 4.74 Å². The first-order valence-corrected chi connectivity index (χ1v) is 8.37. The van der Waals surface area contributed by atoms with Crippen LogP contribution in [0, 0.1) is 10.1 Å². The lowest BCUT2D eigenvalue weighted by Crippen LogP contribution is -2.09. The number of nitrogens with zero attached hydrogens (tertiary/aromatic N) is 1. The molecule has 2 amide bonds. The Morgan fingerprint density at radius 2 is 1.80 bits per heavy atom. The molecule has 0 unspecified atom stereocenters. The number of ether oxygens (including phenoxy) is 2. The van der Waals surface area contributed by atoms with Crippen molar-refractivity contribution in [3.63, 3.8) is 0 Å². The van der Waals surface area contributed by atoms with Gasteiger partial charge in [-0.2, -0.15) is 8.78 Å². The minimum atomic E-state index is -3.20. The maximum Gasteiger partial charge on any atom is 0.387 e. The molecule has 0 aliphatic heterocycles. The zero-order valence-corrected chi connectivity index (χ0v) is 15.8. The number of amides is 2. The number of nitro groups is 1. The number of halogens is 2. The average molecular weight is 421 g/mol. The topological polar surface area (TPSA) is 120 Å². The predicted octanol–water partition coefficient (Wildman–Crippen LogP) is 3.82. The predicted molar refractivity (Wildman–Crippen MR) is 105 cm³/mol. The fraction of sp³-hybridized carbons (Fsp3) is 0.158. The molecule has 9 nitrogen and oxygen atoms in total. The summed E-state index contributed by atoms with van der Waals surface area (Å²) in [4.78, 5) is 33.7. The Morgan fingerprint density at radius 3 is 2.37 bits per heavy atom. The first kappa shape index (κ1) is 22.3. The second kappa shape index (κ2) is 9.96. The Bertz CT molecular complexity index is 994. The number of nitrogens with one attached hydrogen (secondary N) is 2. The fourth-order valence-electron chi connectivity index (χ4n) is 2.43. The molecular formula is C19H17F2N3O6. The summed E-state index contributed by atoms with van der Waals surface area (Å²) in [5.41, 5.74) is 0.242. The van der Waals surface area contributed by atoms with Gasteiger partial charge in [0.2, 0.25) is 11.8 Å². The van der Waals surface area contributed by atoms with E-state index in [1.165, 1.54) is 20.1 Å². The molecule has 0 radical (unpaired) electrons. The van der Waals surface area contributed by atoms with E-state index < -0.39 is 28.9 Å². The van der Waals surface area contributed by atoms with Crippen LogP contribution in [0.2, 0.25) is 0 Å². The number of methoxy groups -OCH3 is 1. The van der Waals surface area contributed by atoms with E-state index >= 15 is 0 Å². The molecule has 0 bridgehead atoms. The molecule has 2 N–H and O–H groups in total. The molecule has 11 heteroatoms.